The number of amides is 2. The molecule has 0 saturated carbocycles. The summed E-state index contributed by atoms with van der Waals surface area (Å²) < 4.78 is 122. The summed E-state index contributed by atoms with van der Waals surface area (Å²) in [7, 11) is 0. The highest BCUT2D eigenvalue weighted by Gasteiger charge is 2.74. The molecule has 0 aliphatic carbocycles. The second-order valence-corrected chi connectivity index (χ2v) is 9.41. The van der Waals surface area contributed by atoms with Crippen molar-refractivity contribution in [3.63, 3.8) is 0 Å². The topological polar surface area (TPSA) is 179 Å². The largest absolute Gasteiger partial charge is 0.460 e. The van der Waals surface area contributed by atoms with Crippen molar-refractivity contribution in [1.82, 2.24) is 20.2 Å². The molecule has 0 spiro atoms. The number of nitro benzene ring substituents is 1. The Morgan fingerprint density at radius 3 is 2.23 bits per heavy atom. The highest BCUT2D eigenvalue weighted by molar-refractivity contribution is 7.99. The van der Waals surface area contributed by atoms with E-state index in [0.717, 1.165) is 12.1 Å². The average Bonchev–Trinajstić information content (AvgIpc) is 3.33. The number of tetrazole rings is 1. The maximum atomic E-state index is 14.3. The van der Waals surface area contributed by atoms with Gasteiger partial charge in [0.25, 0.3) is 17.5 Å². The number of alkyl halides is 9. The molecule has 2 aromatic carbocycles. The minimum atomic E-state index is -6.73. The highest BCUT2D eigenvalue weighted by Crippen LogP contribution is 2.52. The fourth-order valence-electron chi connectivity index (χ4n) is 3.28. The van der Waals surface area contributed by atoms with E-state index in [4.69, 9.17) is 10.8 Å². The van der Waals surface area contributed by atoms with Gasteiger partial charge in [-0.3, -0.25) is 19.7 Å². The number of nitrogens with one attached hydrogen (secondary N) is 1. The Labute approximate surface area is 236 Å². The quantitative estimate of drug-likeness (QED) is 0.158. The van der Waals surface area contributed by atoms with Crippen molar-refractivity contribution in [1.29, 1.82) is 0 Å². The van der Waals surface area contributed by atoms with Gasteiger partial charge >= 0.3 is 18.0 Å². The summed E-state index contributed by atoms with van der Waals surface area (Å²) in [4.78, 5) is 34.9. The molecule has 1 heterocycles. The van der Waals surface area contributed by atoms with E-state index in [9.17, 15) is 59.2 Å². The monoisotopic (exact) mass is 647 g/mol. The number of primary amides is 1. The first kappa shape index (κ1) is 33.0. The number of aliphatic hydroxyl groups excluding tert-OH is 1. The third-order valence-corrected chi connectivity index (χ3v) is 6.41. The van der Waals surface area contributed by atoms with E-state index < -0.39 is 81.9 Å². The van der Waals surface area contributed by atoms with Gasteiger partial charge in [-0.15, -0.1) is 5.10 Å². The van der Waals surface area contributed by atoms with Gasteiger partial charge in [0, 0.05) is 28.3 Å². The van der Waals surface area contributed by atoms with Crippen LogP contribution in [0.2, 0.25) is 0 Å². The maximum absolute atomic E-state index is 14.3. The van der Waals surface area contributed by atoms with Crippen molar-refractivity contribution in [3.05, 3.63) is 63.2 Å². The van der Waals surface area contributed by atoms with Crippen LogP contribution in [-0.4, -0.2) is 66.7 Å². The lowest BCUT2D eigenvalue weighted by Crippen LogP contribution is -2.50. The molecule has 4 N–H and O–H groups in total. The molecular weight excluding hydrogens is 633 g/mol. The average molecular weight is 647 g/mol. The Kier molecular flexibility index (Phi) is 8.96. The van der Waals surface area contributed by atoms with E-state index in [1.165, 1.54) is 0 Å². The van der Waals surface area contributed by atoms with Crippen LogP contribution in [0.5, 0.6) is 0 Å². The second kappa shape index (κ2) is 11.7. The first-order valence-corrected chi connectivity index (χ1v) is 11.8. The zero-order valence-corrected chi connectivity index (χ0v) is 21.4. The summed E-state index contributed by atoms with van der Waals surface area (Å²) in [6.07, 6.45) is -6.73. The van der Waals surface area contributed by atoms with Crippen molar-refractivity contribution in [2.45, 2.75) is 40.5 Å². The first-order valence-electron chi connectivity index (χ1n) is 11.0. The second-order valence-electron chi connectivity index (χ2n) is 8.40. The van der Waals surface area contributed by atoms with Gasteiger partial charge in [0.2, 0.25) is 11.1 Å². The summed E-state index contributed by atoms with van der Waals surface area (Å²) in [6.45, 7) is -2.79. The van der Waals surface area contributed by atoms with E-state index in [-0.39, 0.29) is 22.2 Å². The van der Waals surface area contributed by atoms with Gasteiger partial charge in [-0.05, 0) is 46.5 Å². The lowest BCUT2D eigenvalue weighted by atomic mass is 9.95. The Morgan fingerprint density at radius 2 is 1.67 bits per heavy atom. The molecule has 0 aliphatic heterocycles. The number of aliphatic hydroxyl groups is 1. The van der Waals surface area contributed by atoms with E-state index in [2.05, 4.69) is 15.5 Å². The van der Waals surface area contributed by atoms with Crippen LogP contribution in [0.3, 0.4) is 0 Å². The number of benzene rings is 2. The standard InChI is InChI=1S/C21H14F9N7O5S/c22-18(23,8-38)7-36-17(33-34-35-36)43-14-4-2-10(37(41)42)6-12(14)16(40)32-9-1-3-13(11(5-9)15(31)39)19(24,25)20(26,27)21(28,29)30/h1-6,38H,7-8H2,(H2,31,39)(H,32,40). The number of nitro groups is 1. The lowest BCUT2D eigenvalue weighted by Gasteiger charge is -2.29. The van der Waals surface area contributed by atoms with Crippen molar-refractivity contribution < 1.29 is 59.1 Å². The number of halogens is 9. The molecule has 0 atom stereocenters. The molecule has 232 valence electrons. The number of carbonyl (C=O) groups excluding carboxylic acids is 2. The van der Waals surface area contributed by atoms with Crippen molar-refractivity contribution >= 4 is 35.0 Å². The van der Waals surface area contributed by atoms with E-state index >= 15 is 0 Å². The minimum Gasteiger partial charge on any atom is -0.390 e. The van der Waals surface area contributed by atoms with Crippen LogP contribution >= 0.6 is 11.8 Å². The van der Waals surface area contributed by atoms with Crippen LogP contribution in [0, 0.1) is 10.1 Å². The van der Waals surface area contributed by atoms with Gasteiger partial charge in [0.05, 0.1) is 16.1 Å². The molecular formula is C21H14F9N7O5S. The maximum Gasteiger partial charge on any atom is 0.460 e. The number of carbonyl (C=O) groups is 2. The Bertz CT molecular complexity index is 1570. The van der Waals surface area contributed by atoms with Gasteiger partial charge in [0.15, 0.2) is 0 Å². The van der Waals surface area contributed by atoms with Gasteiger partial charge in [0.1, 0.15) is 13.2 Å². The van der Waals surface area contributed by atoms with Gasteiger partial charge in [-0.1, -0.05) is 0 Å². The fourth-order valence-corrected chi connectivity index (χ4v) is 4.16. The minimum absolute atomic E-state index is 0.00601. The molecule has 0 aliphatic rings. The molecule has 1 aromatic heterocycles. The number of nitrogens with two attached hydrogens (primary N) is 1. The van der Waals surface area contributed by atoms with E-state index in [1.54, 1.807) is 0 Å². The van der Waals surface area contributed by atoms with Gasteiger partial charge in [-0.2, -0.15) is 30.7 Å². The third kappa shape index (κ3) is 6.79. The molecule has 43 heavy (non-hydrogen) atoms. The summed E-state index contributed by atoms with van der Waals surface area (Å²) in [5.74, 6) is -19.5. The predicted octanol–water partition coefficient (Wildman–Crippen LogP) is 4.00. The summed E-state index contributed by atoms with van der Waals surface area (Å²) >= 11 is 0.442. The fraction of sp³-hybridized carbons (Fsp3) is 0.286. The molecule has 3 aromatic rings. The number of rotatable bonds is 11. The molecule has 0 fully saturated rings. The molecule has 3 rings (SSSR count). The zero-order valence-electron chi connectivity index (χ0n) is 20.6. The van der Waals surface area contributed by atoms with Crippen LogP contribution in [0.25, 0.3) is 0 Å². The Morgan fingerprint density at radius 1 is 1.02 bits per heavy atom. The Hall–Kier alpha value is -4.47. The zero-order chi connectivity index (χ0) is 32.5. The SMILES string of the molecule is NC(=O)c1cc(NC(=O)c2cc([N+](=O)[O-])ccc2Sc2nnnn2CC(F)(F)CO)ccc1C(F)(F)C(F)(F)C(F)(F)F. The molecule has 0 radical (unpaired) electrons. The highest BCUT2D eigenvalue weighted by atomic mass is 32.2. The predicted molar refractivity (Wildman–Crippen MR) is 125 cm³/mol. The summed E-state index contributed by atoms with van der Waals surface area (Å²) in [5, 5.41) is 31.7. The molecule has 0 bridgehead atoms. The number of non-ortho nitro benzene ring substituents is 1. The summed E-state index contributed by atoms with van der Waals surface area (Å²) in [5.41, 5.74) is -0.630. The molecule has 12 nitrogen and oxygen atoms in total. The lowest BCUT2D eigenvalue weighted by molar-refractivity contribution is -0.384. The molecule has 0 saturated heterocycles. The molecule has 22 heteroatoms. The van der Waals surface area contributed by atoms with Crippen LogP contribution in [-0.2, 0) is 12.5 Å². The van der Waals surface area contributed by atoms with Gasteiger partial charge in [-0.25, -0.2) is 13.5 Å². The third-order valence-electron chi connectivity index (χ3n) is 5.36. The number of hydrogen-bond donors (Lipinski definition) is 3. The van der Waals surface area contributed by atoms with Crippen LogP contribution in [0.1, 0.15) is 26.3 Å². The van der Waals surface area contributed by atoms with Crippen LogP contribution in [0.4, 0.5) is 50.9 Å². The van der Waals surface area contributed by atoms with E-state index in [0.29, 0.717) is 28.6 Å². The van der Waals surface area contributed by atoms with E-state index in [1.807, 2.05) is 5.32 Å². The Balaban J connectivity index is 2.02. The number of anilines is 1. The molecule has 2 amide bonds. The number of hydrogen-bond acceptors (Lipinski definition) is 9. The first-order chi connectivity index (χ1) is 19.7. The van der Waals surface area contributed by atoms with Crippen molar-refractivity contribution in [3.8, 4) is 0 Å². The molecule has 0 unspecified atom stereocenters. The van der Waals surface area contributed by atoms with Crippen molar-refractivity contribution in [2.24, 2.45) is 5.73 Å². The normalized spacial score (nSPS) is 12.7. The summed E-state index contributed by atoms with van der Waals surface area (Å²) in [6, 6.07) is 3.28. The van der Waals surface area contributed by atoms with Crippen LogP contribution < -0.4 is 11.1 Å². The smallest absolute Gasteiger partial charge is 0.390 e. The number of nitrogens with zero attached hydrogens (tertiary/aromatic N) is 5. The van der Waals surface area contributed by atoms with Gasteiger partial charge < -0.3 is 16.2 Å². The number of aromatic nitrogens is 4. The van der Waals surface area contributed by atoms with Crippen molar-refractivity contribution in [2.75, 3.05) is 11.9 Å². The van der Waals surface area contributed by atoms with Crippen LogP contribution in [0.15, 0.2) is 46.5 Å².